The van der Waals surface area contributed by atoms with Gasteiger partial charge in [-0.2, -0.15) is 0 Å². The molecule has 0 aliphatic carbocycles. The van der Waals surface area contributed by atoms with Crippen LogP contribution in [0.1, 0.15) is 42.1 Å². The lowest BCUT2D eigenvalue weighted by atomic mass is 9.63. The maximum Gasteiger partial charge on any atom is 0.328 e. The van der Waals surface area contributed by atoms with Crippen LogP contribution in [0.25, 0.3) is 17.0 Å². The van der Waals surface area contributed by atoms with E-state index in [4.69, 9.17) is 13.0 Å². The van der Waals surface area contributed by atoms with Gasteiger partial charge in [0, 0.05) is 34.3 Å². The van der Waals surface area contributed by atoms with Crippen LogP contribution in [0.4, 0.5) is 8.78 Å². The van der Waals surface area contributed by atoms with E-state index in [-0.39, 0.29) is 17.2 Å². The van der Waals surface area contributed by atoms with Crippen molar-refractivity contribution in [3.05, 3.63) is 89.1 Å². The van der Waals surface area contributed by atoms with Gasteiger partial charge in [0.1, 0.15) is 19.5 Å². The summed E-state index contributed by atoms with van der Waals surface area (Å²) in [6, 6.07) is 9.91. The summed E-state index contributed by atoms with van der Waals surface area (Å²) in [4.78, 5) is 16.1. The SMILES string of the molecule is [B][C@@]1(c2c(F)cc(/C=C/C(=O)O)cc2F)c2[nH]c3ccccc3c2C[C@@H](C)N1CCCC=C. The number of benzene rings is 2. The van der Waals surface area contributed by atoms with Gasteiger partial charge in [0.2, 0.25) is 0 Å². The molecule has 0 fully saturated rings. The molecule has 1 aliphatic heterocycles. The zero-order valence-corrected chi connectivity index (χ0v) is 18.4. The predicted octanol–water partition coefficient (Wildman–Crippen LogP) is 5.13. The van der Waals surface area contributed by atoms with Gasteiger partial charge < -0.3 is 10.1 Å². The molecule has 0 spiro atoms. The molecule has 1 aromatic heterocycles. The van der Waals surface area contributed by atoms with E-state index in [0.717, 1.165) is 53.6 Å². The largest absolute Gasteiger partial charge is 0.478 e. The Kier molecular flexibility index (Phi) is 6.26. The number of H-pyrrole nitrogens is 1. The van der Waals surface area contributed by atoms with E-state index in [2.05, 4.69) is 11.6 Å². The van der Waals surface area contributed by atoms with Gasteiger partial charge in [-0.25, -0.2) is 13.6 Å². The highest BCUT2D eigenvalue weighted by atomic mass is 19.1. The first-order valence-electron chi connectivity index (χ1n) is 10.9. The first-order valence-corrected chi connectivity index (χ1v) is 10.9. The zero-order valence-electron chi connectivity index (χ0n) is 18.4. The van der Waals surface area contributed by atoms with Crippen molar-refractivity contribution in [2.24, 2.45) is 0 Å². The summed E-state index contributed by atoms with van der Waals surface area (Å²) >= 11 is 0. The van der Waals surface area contributed by atoms with Gasteiger partial charge in [-0.1, -0.05) is 24.3 Å². The lowest BCUT2D eigenvalue weighted by Gasteiger charge is -2.49. The molecule has 168 valence electrons. The summed E-state index contributed by atoms with van der Waals surface area (Å²) in [5.41, 5.74) is 0.670. The molecule has 2 radical (unpaired) electrons. The molecule has 7 heteroatoms. The van der Waals surface area contributed by atoms with Gasteiger partial charge >= 0.3 is 5.97 Å². The first kappa shape index (κ1) is 23.0. The van der Waals surface area contributed by atoms with E-state index in [9.17, 15) is 4.79 Å². The number of rotatable bonds is 7. The third-order valence-corrected chi connectivity index (χ3v) is 6.35. The van der Waals surface area contributed by atoms with Crippen molar-refractivity contribution in [3.63, 3.8) is 0 Å². The smallest absolute Gasteiger partial charge is 0.328 e. The molecule has 2 N–H and O–H groups in total. The Morgan fingerprint density at radius 1 is 1.33 bits per heavy atom. The molecule has 4 rings (SSSR count). The van der Waals surface area contributed by atoms with Crippen molar-refractivity contribution in [3.8, 4) is 0 Å². The van der Waals surface area contributed by atoms with Crippen LogP contribution < -0.4 is 0 Å². The van der Waals surface area contributed by atoms with Gasteiger partial charge in [-0.3, -0.25) is 4.90 Å². The van der Waals surface area contributed by atoms with Crippen LogP contribution in [0.5, 0.6) is 0 Å². The van der Waals surface area contributed by atoms with E-state index < -0.39 is 23.0 Å². The van der Waals surface area contributed by atoms with E-state index in [0.29, 0.717) is 18.7 Å². The molecule has 0 saturated heterocycles. The Bertz CT molecular complexity index is 1230. The van der Waals surface area contributed by atoms with Crippen LogP contribution in [0.3, 0.4) is 0 Å². The standard InChI is InChI=1S/C26H25BF2N2O2/c1-3-4-7-12-31-16(2)13-19-18-8-5-6-9-22(18)30-25(19)26(31,27)24-20(28)14-17(15-21(24)29)10-11-23(32)33/h3,5-6,8-11,14-16,30H,1,4,7,12-13H2,2H3,(H,32,33)/b11-10+/t16-,26-/m1/s1. The molecule has 3 aromatic rings. The highest BCUT2D eigenvalue weighted by Gasteiger charge is 2.47. The second-order valence-corrected chi connectivity index (χ2v) is 8.50. The second-order valence-electron chi connectivity index (χ2n) is 8.50. The quantitative estimate of drug-likeness (QED) is 0.229. The molecule has 2 heterocycles. The number of aromatic nitrogens is 1. The summed E-state index contributed by atoms with van der Waals surface area (Å²) in [7, 11) is 7.02. The van der Waals surface area contributed by atoms with E-state index in [1.54, 1.807) is 0 Å². The Morgan fingerprint density at radius 3 is 2.70 bits per heavy atom. The van der Waals surface area contributed by atoms with Crippen LogP contribution >= 0.6 is 0 Å². The molecular weight excluding hydrogens is 421 g/mol. The summed E-state index contributed by atoms with van der Waals surface area (Å²) in [5, 5.41) is 9.83. The summed E-state index contributed by atoms with van der Waals surface area (Å²) in [5.74, 6) is -2.85. The minimum atomic E-state index is -1.57. The van der Waals surface area contributed by atoms with E-state index >= 15 is 8.78 Å². The average molecular weight is 446 g/mol. The van der Waals surface area contributed by atoms with Crippen LogP contribution in [0, 0.1) is 11.6 Å². The number of nitrogens with zero attached hydrogens (tertiary/aromatic N) is 1. The number of hydrogen-bond acceptors (Lipinski definition) is 2. The van der Waals surface area contributed by atoms with Gasteiger partial charge in [0.05, 0.1) is 5.44 Å². The van der Waals surface area contributed by atoms with Crippen molar-refractivity contribution < 1.29 is 18.7 Å². The lowest BCUT2D eigenvalue weighted by Crippen LogP contribution is -2.57. The maximum atomic E-state index is 15.5. The van der Waals surface area contributed by atoms with Crippen molar-refractivity contribution in [2.45, 2.75) is 37.7 Å². The topological polar surface area (TPSA) is 56.3 Å². The fourth-order valence-electron chi connectivity index (χ4n) is 4.93. The number of hydrogen-bond donors (Lipinski definition) is 2. The highest BCUT2D eigenvalue weighted by molar-refractivity contribution is 6.18. The third-order valence-electron chi connectivity index (χ3n) is 6.35. The summed E-state index contributed by atoms with van der Waals surface area (Å²) < 4.78 is 31.1. The van der Waals surface area contributed by atoms with E-state index in [1.807, 2.05) is 42.2 Å². The van der Waals surface area contributed by atoms with Crippen LogP contribution in [-0.2, 0) is 16.7 Å². The number of unbranched alkanes of at least 4 members (excludes halogenated alkanes) is 1. The Labute approximate surface area is 193 Å². The Morgan fingerprint density at radius 2 is 2.03 bits per heavy atom. The molecule has 4 nitrogen and oxygen atoms in total. The normalized spacial score (nSPS) is 20.9. The average Bonchev–Trinajstić information content (AvgIpc) is 3.13. The highest BCUT2D eigenvalue weighted by Crippen LogP contribution is 2.45. The number of para-hydroxylation sites is 1. The van der Waals surface area contributed by atoms with Gasteiger partial charge in [0.15, 0.2) is 0 Å². The second kappa shape index (κ2) is 8.98. The molecular formula is C26H25BF2N2O2. The number of nitrogens with one attached hydrogen (secondary N) is 1. The van der Waals surface area contributed by atoms with Gasteiger partial charge in [0.25, 0.3) is 0 Å². The summed E-state index contributed by atoms with van der Waals surface area (Å²) in [6.45, 7) is 6.30. The number of carboxylic acids is 1. The number of carboxylic acid groups (broad SMARTS) is 1. The fourth-order valence-corrected chi connectivity index (χ4v) is 4.93. The molecule has 0 unspecified atom stereocenters. The lowest BCUT2D eigenvalue weighted by molar-refractivity contribution is -0.131. The number of fused-ring (bicyclic) bond motifs is 3. The van der Waals surface area contributed by atoms with Crippen molar-refractivity contribution in [1.82, 2.24) is 9.88 Å². The number of allylic oxidation sites excluding steroid dienone is 1. The molecule has 2 atom stereocenters. The monoisotopic (exact) mass is 446 g/mol. The minimum absolute atomic E-state index is 0.0723. The number of halogens is 2. The van der Waals surface area contributed by atoms with Crippen molar-refractivity contribution in [1.29, 1.82) is 0 Å². The maximum absolute atomic E-state index is 15.5. The molecule has 0 bridgehead atoms. The van der Waals surface area contributed by atoms with Crippen LogP contribution in [0.2, 0.25) is 0 Å². The van der Waals surface area contributed by atoms with Crippen molar-refractivity contribution >= 4 is 30.8 Å². The minimum Gasteiger partial charge on any atom is -0.478 e. The van der Waals surface area contributed by atoms with Gasteiger partial charge in [-0.05, 0) is 68.1 Å². The molecule has 0 amide bonds. The zero-order chi connectivity index (χ0) is 23.8. The van der Waals surface area contributed by atoms with Crippen LogP contribution in [-0.4, -0.2) is 41.4 Å². The number of aliphatic carboxylic acids is 1. The van der Waals surface area contributed by atoms with Crippen molar-refractivity contribution in [2.75, 3.05) is 6.54 Å². The Balaban J connectivity index is 1.94. The number of carbonyl (C=O) groups is 1. The number of aromatic amines is 1. The molecule has 1 aliphatic rings. The first-order chi connectivity index (χ1) is 15.8. The summed E-state index contributed by atoms with van der Waals surface area (Å²) in [6.07, 6.45) is 5.99. The Hall–Kier alpha value is -3.19. The predicted molar refractivity (Wildman–Crippen MR) is 127 cm³/mol. The fraction of sp³-hybridized carbons (Fsp3) is 0.269. The van der Waals surface area contributed by atoms with E-state index in [1.165, 1.54) is 0 Å². The molecule has 2 aromatic carbocycles. The van der Waals surface area contributed by atoms with Crippen LogP contribution in [0.15, 0.2) is 55.1 Å². The molecule has 33 heavy (non-hydrogen) atoms. The van der Waals surface area contributed by atoms with Gasteiger partial charge in [-0.15, -0.1) is 6.58 Å². The molecule has 0 saturated carbocycles. The third kappa shape index (κ3) is 4.02.